The first kappa shape index (κ1) is 17.7. The van der Waals surface area contributed by atoms with E-state index in [1.807, 2.05) is 36.8 Å². The van der Waals surface area contributed by atoms with Crippen LogP contribution in [0.1, 0.15) is 23.2 Å². The SMILES string of the molecule is O=C(N[C@H]1CN2CCC1CC2)c1cc2ccc3cc(-c4ccncc4)ccc3n2c1. The molecule has 7 rings (SSSR count). The summed E-state index contributed by atoms with van der Waals surface area (Å²) in [6.07, 6.45) is 8.00. The van der Waals surface area contributed by atoms with Crippen LogP contribution in [0, 0.1) is 5.92 Å². The van der Waals surface area contributed by atoms with Gasteiger partial charge in [0.05, 0.1) is 11.1 Å². The summed E-state index contributed by atoms with van der Waals surface area (Å²) in [5.74, 6) is 0.669. The third-order valence-corrected chi connectivity index (χ3v) is 6.82. The molecule has 3 aliphatic rings. The molecule has 0 spiro atoms. The van der Waals surface area contributed by atoms with Gasteiger partial charge in [0.25, 0.3) is 5.91 Å². The lowest BCUT2D eigenvalue weighted by Crippen LogP contribution is -2.57. The summed E-state index contributed by atoms with van der Waals surface area (Å²) in [7, 11) is 0. The van der Waals surface area contributed by atoms with Gasteiger partial charge in [-0.3, -0.25) is 9.78 Å². The number of aromatic nitrogens is 2. The van der Waals surface area contributed by atoms with Gasteiger partial charge in [-0.05, 0) is 84.8 Å². The smallest absolute Gasteiger partial charge is 0.253 e. The predicted molar refractivity (Wildman–Crippen MR) is 119 cm³/mol. The lowest BCUT2D eigenvalue weighted by molar-refractivity contribution is 0.0620. The lowest BCUT2D eigenvalue weighted by atomic mass is 9.84. The zero-order valence-corrected chi connectivity index (χ0v) is 16.8. The Kier molecular flexibility index (Phi) is 4.09. The molecule has 1 atom stereocenters. The number of nitrogens with zero attached hydrogens (tertiary/aromatic N) is 3. The molecule has 1 amide bonds. The third-order valence-electron chi connectivity index (χ3n) is 6.82. The normalized spacial score (nSPS) is 23.1. The van der Waals surface area contributed by atoms with Crippen LogP contribution in [-0.2, 0) is 0 Å². The summed E-state index contributed by atoms with van der Waals surface area (Å²) < 4.78 is 2.12. The topological polar surface area (TPSA) is 49.6 Å². The maximum absolute atomic E-state index is 13.0. The number of hydrogen-bond acceptors (Lipinski definition) is 3. The molecule has 3 saturated heterocycles. The second kappa shape index (κ2) is 6.96. The zero-order valence-electron chi connectivity index (χ0n) is 16.8. The van der Waals surface area contributed by atoms with Gasteiger partial charge in [0.1, 0.15) is 0 Å². The molecule has 3 fully saturated rings. The fourth-order valence-electron chi connectivity index (χ4n) is 5.13. The van der Waals surface area contributed by atoms with Crippen LogP contribution in [0.25, 0.3) is 27.5 Å². The van der Waals surface area contributed by atoms with E-state index in [0.717, 1.165) is 39.7 Å². The number of pyridine rings is 2. The van der Waals surface area contributed by atoms with Crippen molar-refractivity contribution in [1.82, 2.24) is 19.6 Å². The van der Waals surface area contributed by atoms with E-state index in [-0.39, 0.29) is 11.9 Å². The van der Waals surface area contributed by atoms with Crippen LogP contribution in [0.5, 0.6) is 0 Å². The number of piperidine rings is 3. The van der Waals surface area contributed by atoms with Crippen LogP contribution >= 0.6 is 0 Å². The minimum Gasteiger partial charge on any atom is -0.348 e. The number of fused-ring (bicyclic) bond motifs is 6. The van der Waals surface area contributed by atoms with Gasteiger partial charge in [0.2, 0.25) is 0 Å². The number of amides is 1. The molecule has 5 nitrogen and oxygen atoms in total. The summed E-state index contributed by atoms with van der Waals surface area (Å²) in [6.45, 7) is 3.35. The van der Waals surface area contributed by atoms with Crippen molar-refractivity contribution in [3.05, 3.63) is 72.7 Å². The average Bonchev–Trinajstić information content (AvgIpc) is 3.25. The molecule has 1 N–H and O–H groups in total. The number of carbonyl (C=O) groups is 1. The molecule has 3 aliphatic heterocycles. The largest absolute Gasteiger partial charge is 0.348 e. The zero-order chi connectivity index (χ0) is 20.1. The van der Waals surface area contributed by atoms with Crippen molar-refractivity contribution < 1.29 is 4.79 Å². The lowest BCUT2D eigenvalue weighted by Gasteiger charge is -2.44. The Labute approximate surface area is 175 Å². The van der Waals surface area contributed by atoms with Crippen molar-refractivity contribution in [2.45, 2.75) is 18.9 Å². The summed E-state index contributed by atoms with van der Waals surface area (Å²) in [6, 6.07) is 17.0. The molecule has 150 valence electrons. The molecule has 4 aromatic rings. The number of hydrogen-bond donors (Lipinski definition) is 1. The Hall–Kier alpha value is -3.18. The molecule has 30 heavy (non-hydrogen) atoms. The molecular weight excluding hydrogens is 372 g/mol. The van der Waals surface area contributed by atoms with Gasteiger partial charge in [-0.2, -0.15) is 0 Å². The Morgan fingerprint density at radius 3 is 2.57 bits per heavy atom. The van der Waals surface area contributed by atoms with E-state index in [2.05, 4.69) is 49.9 Å². The van der Waals surface area contributed by atoms with E-state index in [9.17, 15) is 4.79 Å². The van der Waals surface area contributed by atoms with Crippen molar-refractivity contribution in [2.75, 3.05) is 19.6 Å². The molecule has 5 heteroatoms. The van der Waals surface area contributed by atoms with Gasteiger partial charge in [0, 0.05) is 36.7 Å². The molecule has 1 aromatic carbocycles. The molecule has 2 bridgehead atoms. The van der Waals surface area contributed by atoms with Crippen molar-refractivity contribution in [3.63, 3.8) is 0 Å². The van der Waals surface area contributed by atoms with Crippen LogP contribution in [0.2, 0.25) is 0 Å². The Balaban J connectivity index is 1.32. The molecule has 0 saturated carbocycles. The van der Waals surface area contributed by atoms with E-state index < -0.39 is 0 Å². The van der Waals surface area contributed by atoms with E-state index in [1.54, 1.807) is 0 Å². The van der Waals surface area contributed by atoms with Crippen molar-refractivity contribution in [1.29, 1.82) is 0 Å². The van der Waals surface area contributed by atoms with Crippen molar-refractivity contribution in [3.8, 4) is 11.1 Å². The maximum Gasteiger partial charge on any atom is 0.253 e. The fourth-order valence-corrected chi connectivity index (χ4v) is 5.13. The summed E-state index contributed by atoms with van der Waals surface area (Å²) >= 11 is 0. The minimum atomic E-state index is 0.0407. The molecule has 0 unspecified atom stereocenters. The predicted octanol–water partition coefficient (Wildman–Crippen LogP) is 3.98. The highest BCUT2D eigenvalue weighted by Crippen LogP contribution is 2.29. The Morgan fingerprint density at radius 2 is 1.80 bits per heavy atom. The van der Waals surface area contributed by atoms with Gasteiger partial charge in [-0.15, -0.1) is 0 Å². The summed E-state index contributed by atoms with van der Waals surface area (Å²) in [5.41, 5.74) is 5.19. The van der Waals surface area contributed by atoms with E-state index in [4.69, 9.17) is 0 Å². The van der Waals surface area contributed by atoms with E-state index >= 15 is 0 Å². The molecule has 0 aliphatic carbocycles. The number of carbonyl (C=O) groups excluding carboxylic acids is 1. The highest BCUT2D eigenvalue weighted by molar-refractivity contribution is 5.97. The first-order valence-electron chi connectivity index (χ1n) is 10.7. The highest BCUT2D eigenvalue weighted by Gasteiger charge is 2.35. The number of benzene rings is 1. The molecular formula is C25H24N4O. The maximum atomic E-state index is 13.0. The second-order valence-electron chi connectivity index (χ2n) is 8.58. The van der Waals surface area contributed by atoms with E-state index in [1.165, 1.54) is 25.9 Å². The monoisotopic (exact) mass is 396 g/mol. The quantitative estimate of drug-likeness (QED) is 0.570. The van der Waals surface area contributed by atoms with Gasteiger partial charge < -0.3 is 14.6 Å². The number of nitrogens with one attached hydrogen (secondary N) is 1. The molecule has 3 aromatic heterocycles. The van der Waals surface area contributed by atoms with Crippen molar-refractivity contribution in [2.24, 2.45) is 5.92 Å². The van der Waals surface area contributed by atoms with Gasteiger partial charge in [-0.1, -0.05) is 12.1 Å². The minimum absolute atomic E-state index is 0.0407. The second-order valence-corrected chi connectivity index (χ2v) is 8.58. The van der Waals surface area contributed by atoms with Gasteiger partial charge in [-0.25, -0.2) is 0 Å². The fraction of sp³-hybridized carbons (Fsp3) is 0.280. The van der Waals surface area contributed by atoms with Crippen LogP contribution in [0.3, 0.4) is 0 Å². The van der Waals surface area contributed by atoms with Crippen LogP contribution < -0.4 is 5.32 Å². The Morgan fingerprint density at radius 1 is 0.967 bits per heavy atom. The average molecular weight is 396 g/mol. The third kappa shape index (κ3) is 2.97. The Bertz CT molecular complexity index is 1240. The first-order chi connectivity index (χ1) is 14.7. The van der Waals surface area contributed by atoms with Gasteiger partial charge >= 0.3 is 0 Å². The van der Waals surface area contributed by atoms with E-state index in [0.29, 0.717) is 5.92 Å². The number of rotatable bonds is 3. The van der Waals surface area contributed by atoms with Gasteiger partial charge in [0.15, 0.2) is 0 Å². The van der Waals surface area contributed by atoms with Crippen LogP contribution in [0.4, 0.5) is 0 Å². The molecule has 6 heterocycles. The molecule has 0 radical (unpaired) electrons. The summed E-state index contributed by atoms with van der Waals surface area (Å²) in [4.78, 5) is 19.6. The summed E-state index contributed by atoms with van der Waals surface area (Å²) in [5, 5.41) is 4.46. The first-order valence-corrected chi connectivity index (χ1v) is 10.7. The van der Waals surface area contributed by atoms with Crippen molar-refractivity contribution >= 4 is 22.3 Å². The highest BCUT2D eigenvalue weighted by atomic mass is 16.1. The van der Waals surface area contributed by atoms with Crippen LogP contribution in [-0.4, -0.2) is 45.9 Å². The standard InChI is InChI=1S/C25H24N4O/c30-25(27-23-16-28-11-7-18(23)8-12-28)21-14-22-3-1-20-13-19(17-5-9-26-10-6-17)2-4-24(20)29(22)15-21/h1-6,9-10,13-15,18,23H,7-8,11-12,16H2,(H,27,30)/t23-/m0/s1. The van der Waals surface area contributed by atoms with Crippen LogP contribution in [0.15, 0.2) is 67.1 Å².